The van der Waals surface area contributed by atoms with Crippen molar-refractivity contribution in [2.24, 2.45) is 0 Å². The zero-order valence-corrected chi connectivity index (χ0v) is 70.2. The van der Waals surface area contributed by atoms with Crippen molar-refractivity contribution in [1.82, 2.24) is 10.6 Å². The van der Waals surface area contributed by atoms with Crippen molar-refractivity contribution in [3.8, 4) is 0 Å². The van der Waals surface area contributed by atoms with Crippen molar-refractivity contribution in [3.05, 3.63) is 0 Å². The Balaban J connectivity index is 2.73. The number of hydrogen-bond acceptors (Lipinski definition) is 19. The minimum Gasteiger partial charge on any atom is -0.462 e. The second-order valence-corrected chi connectivity index (χ2v) is 32.9. The summed E-state index contributed by atoms with van der Waals surface area (Å²) in [5, 5.41) is 51.3. The maximum atomic E-state index is 15.0. The molecule has 2 fully saturated rings. The number of carbonyl (C=O) groups is 6. The third-order valence-corrected chi connectivity index (χ3v) is 21.9. The highest BCUT2D eigenvalue weighted by Gasteiger charge is 2.54. The van der Waals surface area contributed by atoms with Gasteiger partial charge in [0.05, 0.1) is 63.3 Å². The van der Waals surface area contributed by atoms with Crippen LogP contribution in [0.2, 0.25) is 0 Å². The van der Waals surface area contributed by atoms with Crippen LogP contribution in [0.1, 0.15) is 408 Å². The lowest BCUT2D eigenvalue weighted by molar-refractivity contribution is -0.285. The zero-order valence-electron chi connectivity index (χ0n) is 69.3. The average Bonchev–Trinajstić information content (AvgIpc) is 0.657. The number of nitrogens with one attached hydrogen (secondary N) is 2. The van der Waals surface area contributed by atoms with Crippen molar-refractivity contribution in [3.63, 3.8) is 0 Å². The molecule has 0 aliphatic carbocycles. The third-order valence-electron chi connectivity index (χ3n) is 21.4. The van der Waals surface area contributed by atoms with Crippen LogP contribution in [0.5, 0.6) is 0 Å². The van der Waals surface area contributed by atoms with Gasteiger partial charge in [0.2, 0.25) is 11.8 Å². The Morgan fingerprint density at radius 2 is 0.734 bits per heavy atom. The highest BCUT2D eigenvalue weighted by Crippen LogP contribution is 2.43. The molecule has 2 aliphatic rings. The van der Waals surface area contributed by atoms with Gasteiger partial charge in [-0.15, -0.1) is 0 Å². The van der Waals surface area contributed by atoms with E-state index in [-0.39, 0.29) is 25.7 Å². The summed E-state index contributed by atoms with van der Waals surface area (Å²) < 4.78 is 62.2. The van der Waals surface area contributed by atoms with E-state index in [0.717, 1.165) is 205 Å². The second kappa shape index (κ2) is 65.9. The maximum Gasteiger partial charge on any atom is 0.470 e. The largest absolute Gasteiger partial charge is 0.470 e. The van der Waals surface area contributed by atoms with Crippen LogP contribution >= 0.6 is 7.82 Å². The zero-order chi connectivity index (χ0) is 80.1. The molecule has 0 spiro atoms. The van der Waals surface area contributed by atoms with Crippen LogP contribution in [-0.2, 0) is 71.0 Å². The molecular weight excluding hydrogens is 1420 g/mol. The Hall–Kier alpha value is -3.35. The second-order valence-electron chi connectivity index (χ2n) is 31.7. The summed E-state index contributed by atoms with van der Waals surface area (Å²) in [5.74, 6) is -4.21. The number of amides is 2. The molecule has 2 saturated heterocycles. The van der Waals surface area contributed by atoms with Crippen LogP contribution in [0.15, 0.2) is 0 Å². The Morgan fingerprint density at radius 1 is 0.394 bits per heavy atom. The number of phosphoric ester groups is 1. The molecule has 640 valence electrons. The topological polar surface area (TPSA) is 339 Å². The molecular formula is C85H159N2O21P. The number of aliphatic hydroxyl groups excluding tert-OH is 4. The molecule has 2 amide bonds. The molecule has 14 atom stereocenters. The van der Waals surface area contributed by atoms with Gasteiger partial charge in [0.25, 0.3) is 0 Å². The van der Waals surface area contributed by atoms with E-state index in [0.29, 0.717) is 57.8 Å². The van der Waals surface area contributed by atoms with E-state index in [2.05, 4.69) is 52.2 Å². The number of ether oxygens (including phenoxy) is 7. The number of esters is 4. The molecule has 23 nitrogen and oxygen atoms in total. The summed E-state index contributed by atoms with van der Waals surface area (Å²) in [6, 6.07) is -2.95. The van der Waals surface area contributed by atoms with Gasteiger partial charge >= 0.3 is 31.7 Å². The first-order valence-electron chi connectivity index (χ1n) is 44.3. The molecule has 24 heteroatoms. The Kier molecular flexibility index (Phi) is 61.5. The van der Waals surface area contributed by atoms with E-state index >= 15 is 0 Å². The summed E-state index contributed by atoms with van der Waals surface area (Å²) in [4.78, 5) is 106. The van der Waals surface area contributed by atoms with E-state index in [1.807, 2.05) is 0 Å². The van der Waals surface area contributed by atoms with Gasteiger partial charge in [-0.2, -0.15) is 0 Å². The lowest BCUT2D eigenvalue weighted by atomic mass is 9.92. The predicted octanol–water partition coefficient (Wildman–Crippen LogP) is 17.6. The number of aliphatic hydroxyl groups is 4. The van der Waals surface area contributed by atoms with Crippen molar-refractivity contribution in [2.45, 2.75) is 494 Å². The molecule has 0 bridgehead atoms. The van der Waals surface area contributed by atoms with E-state index in [1.165, 1.54) is 51.4 Å². The van der Waals surface area contributed by atoms with Crippen molar-refractivity contribution < 1.29 is 101 Å². The smallest absolute Gasteiger partial charge is 0.462 e. The lowest BCUT2D eigenvalue weighted by Gasteiger charge is -2.47. The molecule has 8 N–H and O–H groups in total. The molecule has 0 aromatic heterocycles. The van der Waals surface area contributed by atoms with E-state index < -0.39 is 162 Å². The first-order valence-corrected chi connectivity index (χ1v) is 45.8. The maximum absolute atomic E-state index is 15.0. The van der Waals surface area contributed by atoms with Gasteiger partial charge in [-0.05, 0) is 58.3 Å². The number of rotatable bonds is 72. The van der Waals surface area contributed by atoms with Crippen LogP contribution in [0.3, 0.4) is 0 Å². The van der Waals surface area contributed by atoms with Crippen molar-refractivity contribution >= 4 is 43.5 Å². The fourth-order valence-electron chi connectivity index (χ4n) is 14.9. The van der Waals surface area contributed by atoms with Crippen molar-refractivity contribution in [1.29, 1.82) is 0 Å². The average molecular weight is 1580 g/mol. The lowest BCUT2D eigenvalue weighted by Crippen LogP contribution is -2.67. The molecule has 5 unspecified atom stereocenters. The van der Waals surface area contributed by atoms with Crippen LogP contribution in [-0.4, -0.2) is 165 Å². The van der Waals surface area contributed by atoms with Gasteiger partial charge in [0.1, 0.15) is 42.7 Å². The molecule has 0 aromatic carbocycles. The highest BCUT2D eigenvalue weighted by molar-refractivity contribution is 7.46. The summed E-state index contributed by atoms with van der Waals surface area (Å²) in [6.45, 7) is 12.9. The van der Waals surface area contributed by atoms with E-state index in [4.69, 9.17) is 37.7 Å². The monoisotopic (exact) mass is 1580 g/mol. The van der Waals surface area contributed by atoms with Crippen LogP contribution in [0.25, 0.3) is 0 Å². The van der Waals surface area contributed by atoms with E-state index in [9.17, 15) is 63.5 Å². The molecule has 2 rings (SSSR count). The van der Waals surface area contributed by atoms with E-state index in [1.54, 1.807) is 6.92 Å². The minimum atomic E-state index is -5.58. The molecule has 0 saturated carbocycles. The Bertz CT molecular complexity index is 2340. The number of phosphoric acid groups is 1. The van der Waals surface area contributed by atoms with Crippen molar-refractivity contribution in [2.75, 3.05) is 13.2 Å². The number of carbonyl (C=O) groups excluding carboxylic acids is 6. The molecule has 2 heterocycles. The van der Waals surface area contributed by atoms with Gasteiger partial charge < -0.3 is 74.0 Å². The van der Waals surface area contributed by atoms with Gasteiger partial charge in [-0.25, -0.2) is 4.57 Å². The summed E-state index contributed by atoms with van der Waals surface area (Å²) in [5.41, 5.74) is 0. The summed E-state index contributed by atoms with van der Waals surface area (Å²) in [6.07, 6.45) is 28.7. The first kappa shape index (κ1) is 102. The standard InChI is InChI=1S/C85H159N2O21P/c1-8-14-20-26-32-34-40-46-52-58-75(93)103-69(56-50-44-38-30-24-18-12-5)62-74(92)87-80-84(107-78(96)63-70(57-51-45-39-31-25-19-13-6)104-76(94)59-53-47-41-35-33-27-21-15-9-2)82(108-109(98,99)100)71(64-88)105-85(80)101-65-72-81(97)83(106-77(95)61-68(90)55-49-43-37-29-23-17-11-4)79(66(7)102-72)86-73(91)60-67(89)54-48-42-36-28-22-16-10-3/h66-72,79-85,88-90,97H,8-65H2,1-7H3,(H,86,91)(H,87,92)(H2,98,99,100)/t66?,67-,68-,69-,70-,71?,72?,79?,80?,81-,82-,83-,84-,85-/m1/s1. The predicted molar refractivity (Wildman–Crippen MR) is 427 cm³/mol. The minimum absolute atomic E-state index is 0.124. The highest BCUT2D eigenvalue weighted by atomic mass is 31.2. The summed E-state index contributed by atoms with van der Waals surface area (Å²) in [7, 11) is -5.58. The molecule has 0 radical (unpaired) electrons. The van der Waals surface area contributed by atoms with Crippen LogP contribution in [0, 0.1) is 0 Å². The first-order chi connectivity index (χ1) is 52.6. The fraction of sp³-hybridized carbons (Fsp3) is 0.929. The molecule has 109 heavy (non-hydrogen) atoms. The summed E-state index contributed by atoms with van der Waals surface area (Å²) >= 11 is 0. The van der Waals surface area contributed by atoms with Gasteiger partial charge in [-0.3, -0.25) is 33.3 Å². The van der Waals surface area contributed by atoms with Crippen LogP contribution < -0.4 is 10.6 Å². The Labute approximate surface area is 659 Å². The normalized spacial score (nSPS) is 21.3. The Morgan fingerprint density at radius 3 is 1.14 bits per heavy atom. The van der Waals surface area contributed by atoms with Gasteiger partial charge in [0.15, 0.2) is 18.5 Å². The molecule has 0 aromatic rings. The van der Waals surface area contributed by atoms with Crippen LogP contribution in [0.4, 0.5) is 0 Å². The van der Waals surface area contributed by atoms with Gasteiger partial charge in [-0.1, -0.05) is 311 Å². The number of hydrogen-bond donors (Lipinski definition) is 8. The van der Waals surface area contributed by atoms with Gasteiger partial charge in [0, 0.05) is 12.8 Å². The number of unbranched alkanes of at least 4 members (excludes halogenated alkanes) is 40. The quantitative estimate of drug-likeness (QED) is 0.0121. The fourth-order valence-corrected chi connectivity index (χ4v) is 15.4. The SMILES string of the molecule is CCCCCCCCCCCC(=O)O[C@H](CCCCCCCCC)CC(=O)NC1[C@H](OCC2OC(C)C(NC(=O)C[C@H](O)CCCCCCCCC)[C@@H](OC(=O)C[C@H](O)CCCCCCCCC)[C@@H]2O)OC(CO)[C@@H](OP(=O)(O)O)[C@@H]1OC(=O)C[C@@H](CCCCCCCCC)OC(=O)CCCCCCCCCCC. The molecule has 2 aliphatic heterocycles. The third kappa shape index (κ3) is 51.3.